The van der Waals surface area contributed by atoms with Crippen LogP contribution in [0.1, 0.15) is 50.5 Å². The van der Waals surface area contributed by atoms with Gasteiger partial charge in [-0.2, -0.15) is 5.10 Å². The molecule has 10 heteroatoms. The Morgan fingerprint density at radius 3 is 2.58 bits per heavy atom. The molecule has 9 nitrogen and oxygen atoms in total. The van der Waals surface area contributed by atoms with Crippen molar-refractivity contribution >= 4 is 28.6 Å². The highest BCUT2D eigenvalue weighted by Gasteiger charge is 2.35. The van der Waals surface area contributed by atoms with Crippen molar-refractivity contribution in [1.29, 1.82) is 0 Å². The molecule has 2 unspecified atom stereocenters. The molecule has 196 valence electrons. The van der Waals surface area contributed by atoms with Gasteiger partial charge in [0.15, 0.2) is 5.69 Å². The molecule has 0 spiro atoms. The zero-order chi connectivity index (χ0) is 26.0. The molecule has 36 heavy (non-hydrogen) atoms. The van der Waals surface area contributed by atoms with E-state index in [1.807, 2.05) is 20.8 Å². The molecule has 2 aliphatic rings. The van der Waals surface area contributed by atoms with Gasteiger partial charge in [0.1, 0.15) is 17.4 Å². The molecule has 2 fully saturated rings. The van der Waals surface area contributed by atoms with E-state index in [1.165, 1.54) is 6.07 Å². The Balaban J connectivity index is 1.52. The van der Waals surface area contributed by atoms with Crippen LogP contribution in [0.3, 0.4) is 0 Å². The van der Waals surface area contributed by atoms with E-state index >= 15 is 0 Å². The summed E-state index contributed by atoms with van der Waals surface area (Å²) in [4.78, 5) is 40.0. The minimum absolute atomic E-state index is 0.0376. The number of nitrogens with zero attached hydrogens (tertiary/aromatic N) is 3. The summed E-state index contributed by atoms with van der Waals surface area (Å²) in [6.07, 6.45) is 2.10. The van der Waals surface area contributed by atoms with Gasteiger partial charge in [-0.25, -0.2) is 4.39 Å². The van der Waals surface area contributed by atoms with E-state index in [0.717, 1.165) is 12.8 Å². The van der Waals surface area contributed by atoms with Crippen LogP contribution < -0.4 is 10.6 Å². The third-order valence-corrected chi connectivity index (χ3v) is 7.10. The summed E-state index contributed by atoms with van der Waals surface area (Å²) in [7, 11) is 1.75. The number of para-hydroxylation sites is 1. The topological polar surface area (TPSA) is 106 Å². The third kappa shape index (κ3) is 5.69. The van der Waals surface area contributed by atoms with Gasteiger partial charge in [-0.3, -0.25) is 19.1 Å². The second kappa shape index (κ2) is 10.5. The number of benzene rings is 1. The van der Waals surface area contributed by atoms with Crippen LogP contribution in [0, 0.1) is 23.1 Å². The Bertz CT molecular complexity index is 1140. The van der Waals surface area contributed by atoms with Crippen LogP contribution in [-0.2, 0) is 20.9 Å². The lowest BCUT2D eigenvalue weighted by Gasteiger charge is -2.30. The number of halogens is 1. The maximum atomic E-state index is 14.9. The van der Waals surface area contributed by atoms with Gasteiger partial charge in [-0.05, 0) is 30.2 Å². The monoisotopic (exact) mass is 501 g/mol. The summed E-state index contributed by atoms with van der Waals surface area (Å²) in [5.74, 6) is -0.905. The van der Waals surface area contributed by atoms with Crippen molar-refractivity contribution < 1.29 is 23.5 Å². The van der Waals surface area contributed by atoms with E-state index in [-0.39, 0.29) is 29.3 Å². The average molecular weight is 502 g/mol. The van der Waals surface area contributed by atoms with Crippen molar-refractivity contribution in [2.75, 3.05) is 33.4 Å². The maximum absolute atomic E-state index is 14.9. The smallest absolute Gasteiger partial charge is 0.273 e. The first kappa shape index (κ1) is 26.1. The lowest BCUT2D eigenvalue weighted by atomic mass is 9.86. The largest absolute Gasteiger partial charge is 0.381 e. The normalized spacial score (nSPS) is 20.1. The number of fused-ring (bicyclic) bond motifs is 1. The fourth-order valence-electron chi connectivity index (χ4n) is 4.98. The molecule has 3 amide bonds. The Morgan fingerprint density at radius 2 is 1.94 bits per heavy atom. The van der Waals surface area contributed by atoms with Gasteiger partial charge in [0.2, 0.25) is 11.8 Å². The lowest BCUT2D eigenvalue weighted by molar-refractivity contribution is -0.127. The summed E-state index contributed by atoms with van der Waals surface area (Å²) in [6.45, 7) is 8.36. The Morgan fingerprint density at radius 1 is 1.22 bits per heavy atom. The zero-order valence-corrected chi connectivity index (χ0v) is 21.5. The predicted molar refractivity (Wildman–Crippen MR) is 133 cm³/mol. The number of amides is 3. The number of rotatable bonds is 7. The molecule has 2 aliphatic heterocycles. The highest BCUT2D eigenvalue weighted by molar-refractivity contribution is 6.06. The van der Waals surface area contributed by atoms with Crippen LogP contribution in [0.5, 0.6) is 0 Å². The van der Waals surface area contributed by atoms with Gasteiger partial charge in [0.25, 0.3) is 5.91 Å². The van der Waals surface area contributed by atoms with E-state index < -0.39 is 23.2 Å². The molecule has 2 aromatic rings. The SMILES string of the molecule is CN1CC(CNC(=O)C(NC(=O)c2nn(CC3CCOCC3)c3c(F)cccc23)C(C)(C)C)CC1=O. The molecular formula is C26H36FN5O4. The van der Waals surface area contributed by atoms with Crippen LogP contribution in [0.2, 0.25) is 0 Å². The molecule has 0 radical (unpaired) electrons. The number of ether oxygens (including phenoxy) is 1. The van der Waals surface area contributed by atoms with Crippen LogP contribution in [0.15, 0.2) is 18.2 Å². The number of carbonyl (C=O) groups is 3. The summed E-state index contributed by atoms with van der Waals surface area (Å²) in [5.41, 5.74) is -0.198. The van der Waals surface area contributed by atoms with Crippen molar-refractivity contribution in [2.45, 2.75) is 52.6 Å². The summed E-state index contributed by atoms with van der Waals surface area (Å²) >= 11 is 0. The Labute approximate surface area is 210 Å². The van der Waals surface area contributed by atoms with Gasteiger partial charge in [0.05, 0.1) is 0 Å². The van der Waals surface area contributed by atoms with Crippen molar-refractivity contribution in [3.63, 3.8) is 0 Å². The fraction of sp³-hybridized carbons (Fsp3) is 0.615. The highest BCUT2D eigenvalue weighted by Crippen LogP contribution is 2.26. The van der Waals surface area contributed by atoms with Gasteiger partial charge < -0.3 is 20.3 Å². The number of aromatic nitrogens is 2. The van der Waals surface area contributed by atoms with Crippen molar-refractivity contribution in [1.82, 2.24) is 25.3 Å². The number of hydrogen-bond acceptors (Lipinski definition) is 5. The second-order valence-electron chi connectivity index (χ2n) is 11.1. The Hall–Kier alpha value is -3.01. The molecule has 2 saturated heterocycles. The molecule has 1 aromatic heterocycles. The molecule has 2 atom stereocenters. The van der Waals surface area contributed by atoms with Crippen LogP contribution >= 0.6 is 0 Å². The second-order valence-corrected chi connectivity index (χ2v) is 11.1. The van der Waals surface area contributed by atoms with E-state index in [0.29, 0.717) is 50.2 Å². The first-order valence-corrected chi connectivity index (χ1v) is 12.6. The molecule has 1 aromatic carbocycles. The minimum Gasteiger partial charge on any atom is -0.381 e. The first-order valence-electron chi connectivity index (χ1n) is 12.6. The van der Waals surface area contributed by atoms with E-state index in [4.69, 9.17) is 4.74 Å². The van der Waals surface area contributed by atoms with Crippen LogP contribution in [0.25, 0.3) is 10.9 Å². The van der Waals surface area contributed by atoms with Crippen LogP contribution in [0.4, 0.5) is 4.39 Å². The van der Waals surface area contributed by atoms with E-state index in [1.54, 1.807) is 28.8 Å². The van der Waals surface area contributed by atoms with Crippen LogP contribution in [-0.4, -0.2) is 71.8 Å². The fourth-order valence-corrected chi connectivity index (χ4v) is 4.98. The third-order valence-electron chi connectivity index (χ3n) is 7.10. The number of nitrogens with one attached hydrogen (secondary N) is 2. The van der Waals surface area contributed by atoms with Crippen molar-refractivity contribution in [3.8, 4) is 0 Å². The average Bonchev–Trinajstić information content (AvgIpc) is 3.35. The first-order chi connectivity index (χ1) is 17.0. The molecule has 0 aliphatic carbocycles. The molecule has 0 saturated carbocycles. The quantitative estimate of drug-likeness (QED) is 0.606. The minimum atomic E-state index is -0.843. The van der Waals surface area contributed by atoms with Crippen molar-refractivity contribution in [3.05, 3.63) is 29.7 Å². The number of hydrogen-bond donors (Lipinski definition) is 2. The summed E-state index contributed by atoms with van der Waals surface area (Å²) < 4.78 is 21.9. The van der Waals surface area contributed by atoms with E-state index in [2.05, 4.69) is 15.7 Å². The zero-order valence-electron chi connectivity index (χ0n) is 21.5. The summed E-state index contributed by atoms with van der Waals surface area (Å²) in [6, 6.07) is 3.76. The maximum Gasteiger partial charge on any atom is 0.273 e. The summed E-state index contributed by atoms with van der Waals surface area (Å²) in [5, 5.41) is 10.7. The molecule has 2 N–H and O–H groups in total. The van der Waals surface area contributed by atoms with Gasteiger partial charge in [-0.15, -0.1) is 0 Å². The van der Waals surface area contributed by atoms with Gasteiger partial charge in [-0.1, -0.05) is 32.9 Å². The number of likely N-dealkylation sites (tertiary alicyclic amines) is 1. The van der Waals surface area contributed by atoms with Gasteiger partial charge >= 0.3 is 0 Å². The Kier molecular flexibility index (Phi) is 7.63. The lowest BCUT2D eigenvalue weighted by Crippen LogP contribution is -2.54. The van der Waals surface area contributed by atoms with Crippen molar-refractivity contribution in [2.24, 2.45) is 17.3 Å². The van der Waals surface area contributed by atoms with Gasteiger partial charge in [0, 0.05) is 57.6 Å². The van der Waals surface area contributed by atoms with E-state index in [9.17, 15) is 18.8 Å². The molecular weight excluding hydrogens is 465 g/mol. The standard InChI is InChI=1S/C26H36FN5O4/c1-26(2,3)23(25(35)28-13-17-12-20(33)31(4)14-17)29-24(34)21-18-6-5-7-19(27)22(18)32(30-21)15-16-8-10-36-11-9-16/h5-7,16-17,23H,8-15H2,1-4H3,(H,28,35)(H,29,34). The molecule has 4 rings (SSSR count). The predicted octanol–water partition coefficient (Wildman–Crippen LogP) is 2.34. The molecule has 3 heterocycles. The highest BCUT2D eigenvalue weighted by atomic mass is 19.1. The molecule has 0 bridgehead atoms. The number of carbonyl (C=O) groups excluding carboxylic acids is 3.